The number of benzene rings is 2. The van der Waals surface area contributed by atoms with E-state index in [-0.39, 0.29) is 18.9 Å². The Morgan fingerprint density at radius 1 is 1.00 bits per heavy atom. The molecule has 1 aliphatic rings. The van der Waals surface area contributed by atoms with Crippen molar-refractivity contribution >= 4 is 12.1 Å². The summed E-state index contributed by atoms with van der Waals surface area (Å²) in [4.78, 5) is 28.3. The van der Waals surface area contributed by atoms with Crippen LogP contribution in [0.25, 0.3) is 11.1 Å². The lowest BCUT2D eigenvalue weighted by Crippen LogP contribution is -2.46. The first-order valence-corrected chi connectivity index (χ1v) is 9.74. The Bertz CT molecular complexity index is 1040. The Morgan fingerprint density at radius 3 is 2.17 bits per heavy atom. The Balaban J connectivity index is 1.51. The van der Waals surface area contributed by atoms with E-state index in [0.717, 1.165) is 22.3 Å². The number of nitrogens with zero attached hydrogens (tertiary/aromatic N) is 1. The van der Waals surface area contributed by atoms with E-state index in [2.05, 4.69) is 22.4 Å². The minimum atomic E-state index is -1.18. The largest absolute Gasteiger partial charge is 0.481 e. The van der Waals surface area contributed by atoms with E-state index in [9.17, 15) is 14.7 Å². The topological polar surface area (TPSA) is 88.5 Å². The van der Waals surface area contributed by atoms with Gasteiger partial charge in [-0.3, -0.25) is 9.78 Å². The lowest BCUT2D eigenvalue weighted by Gasteiger charge is -2.28. The molecule has 2 N–H and O–H groups in total. The molecule has 152 valence electrons. The standard InChI is InChI=1S/C24H22N2O4/c1-24(14-22(27)28,21-12-6-7-13-25-21)26-23(29)30-15-20-18-10-4-2-8-16(18)17-9-3-5-11-19(17)20/h2-13,20H,14-15H2,1H3,(H,26,29)(H,27,28). The number of aliphatic carboxylic acids is 1. The van der Waals surface area contributed by atoms with Crippen LogP contribution in [0.1, 0.15) is 36.1 Å². The summed E-state index contributed by atoms with van der Waals surface area (Å²) >= 11 is 0. The third-order valence-electron chi connectivity index (χ3n) is 5.46. The number of hydrogen-bond donors (Lipinski definition) is 2. The zero-order valence-electron chi connectivity index (χ0n) is 16.5. The van der Waals surface area contributed by atoms with Crippen LogP contribution in [0.2, 0.25) is 0 Å². The van der Waals surface area contributed by atoms with Crippen LogP contribution in [0.3, 0.4) is 0 Å². The first kappa shape index (κ1) is 19.6. The van der Waals surface area contributed by atoms with E-state index in [1.807, 2.05) is 36.4 Å². The molecule has 0 saturated carbocycles. The molecule has 0 radical (unpaired) electrons. The number of carbonyl (C=O) groups excluding carboxylic acids is 1. The van der Waals surface area contributed by atoms with E-state index in [1.54, 1.807) is 31.3 Å². The number of nitrogens with one attached hydrogen (secondary N) is 1. The number of alkyl carbamates (subject to hydrolysis) is 1. The molecule has 1 unspecified atom stereocenters. The molecule has 1 atom stereocenters. The van der Waals surface area contributed by atoms with Gasteiger partial charge in [-0.25, -0.2) is 4.79 Å². The number of ether oxygens (including phenoxy) is 1. The second-order valence-corrected chi connectivity index (χ2v) is 7.57. The highest BCUT2D eigenvalue weighted by Crippen LogP contribution is 2.44. The van der Waals surface area contributed by atoms with Crippen molar-refractivity contribution in [2.24, 2.45) is 0 Å². The monoisotopic (exact) mass is 402 g/mol. The predicted octanol–water partition coefficient (Wildman–Crippen LogP) is 4.31. The van der Waals surface area contributed by atoms with Crippen LogP contribution in [0.5, 0.6) is 0 Å². The summed E-state index contributed by atoms with van der Waals surface area (Å²) in [6.45, 7) is 1.79. The number of hydrogen-bond acceptors (Lipinski definition) is 4. The number of fused-ring (bicyclic) bond motifs is 3. The molecule has 0 aliphatic heterocycles. The molecule has 0 saturated heterocycles. The van der Waals surface area contributed by atoms with Gasteiger partial charge < -0.3 is 15.2 Å². The van der Waals surface area contributed by atoms with Crippen molar-refractivity contribution in [2.75, 3.05) is 6.61 Å². The van der Waals surface area contributed by atoms with E-state index >= 15 is 0 Å². The van der Waals surface area contributed by atoms with Crippen molar-refractivity contribution in [1.82, 2.24) is 10.3 Å². The average Bonchev–Trinajstić information content (AvgIpc) is 3.06. The van der Waals surface area contributed by atoms with Crippen LogP contribution < -0.4 is 5.32 Å². The molecule has 1 aliphatic carbocycles. The molecule has 0 spiro atoms. The van der Waals surface area contributed by atoms with Crippen LogP contribution in [0.4, 0.5) is 4.79 Å². The zero-order valence-corrected chi connectivity index (χ0v) is 16.5. The van der Waals surface area contributed by atoms with Gasteiger partial charge in [-0.05, 0) is 41.3 Å². The van der Waals surface area contributed by atoms with Crippen molar-refractivity contribution in [3.63, 3.8) is 0 Å². The maximum absolute atomic E-state index is 12.6. The highest BCUT2D eigenvalue weighted by molar-refractivity contribution is 5.79. The molecule has 0 bridgehead atoms. The number of carboxylic acid groups (broad SMARTS) is 1. The number of rotatable bonds is 6. The van der Waals surface area contributed by atoms with E-state index in [0.29, 0.717) is 5.69 Å². The molecule has 0 fully saturated rings. The van der Waals surface area contributed by atoms with Gasteiger partial charge in [-0.15, -0.1) is 0 Å². The van der Waals surface area contributed by atoms with Crippen molar-refractivity contribution < 1.29 is 19.4 Å². The minimum Gasteiger partial charge on any atom is -0.481 e. The normalized spacial score (nSPS) is 14.3. The molecule has 1 aromatic heterocycles. The molecule has 4 rings (SSSR count). The summed E-state index contributed by atoms with van der Waals surface area (Å²) < 4.78 is 5.57. The Morgan fingerprint density at radius 2 is 1.60 bits per heavy atom. The molecular weight excluding hydrogens is 380 g/mol. The summed E-state index contributed by atoms with van der Waals surface area (Å²) in [7, 11) is 0. The molecule has 30 heavy (non-hydrogen) atoms. The first-order valence-electron chi connectivity index (χ1n) is 9.74. The second-order valence-electron chi connectivity index (χ2n) is 7.57. The molecular formula is C24H22N2O4. The van der Waals surface area contributed by atoms with Gasteiger partial charge in [0.1, 0.15) is 6.61 Å². The number of carbonyl (C=O) groups is 2. The smallest absolute Gasteiger partial charge is 0.407 e. The quantitative estimate of drug-likeness (QED) is 0.641. The van der Waals surface area contributed by atoms with Crippen LogP contribution in [-0.4, -0.2) is 28.8 Å². The summed E-state index contributed by atoms with van der Waals surface area (Å²) in [5, 5.41) is 12.0. The van der Waals surface area contributed by atoms with Crippen LogP contribution in [0, 0.1) is 0 Å². The number of aromatic nitrogens is 1. The maximum atomic E-state index is 12.6. The van der Waals surface area contributed by atoms with Crippen molar-refractivity contribution in [3.05, 3.63) is 89.7 Å². The third-order valence-corrected chi connectivity index (χ3v) is 5.46. The van der Waals surface area contributed by atoms with Gasteiger partial charge in [0.2, 0.25) is 0 Å². The maximum Gasteiger partial charge on any atom is 0.407 e. The van der Waals surface area contributed by atoms with Crippen molar-refractivity contribution in [2.45, 2.75) is 24.8 Å². The molecule has 2 aromatic carbocycles. The fourth-order valence-electron chi connectivity index (χ4n) is 4.05. The Kier molecular flexibility index (Phi) is 5.23. The first-order chi connectivity index (χ1) is 14.5. The molecule has 1 amide bonds. The highest BCUT2D eigenvalue weighted by atomic mass is 16.5. The SMILES string of the molecule is CC(CC(=O)O)(NC(=O)OCC1c2ccccc2-c2ccccc21)c1ccccn1. The van der Waals surface area contributed by atoms with E-state index in [1.165, 1.54) is 0 Å². The summed E-state index contributed by atoms with van der Waals surface area (Å²) in [5.41, 5.74) is 3.79. The number of carboxylic acids is 1. The van der Waals surface area contributed by atoms with Gasteiger partial charge in [0.15, 0.2) is 0 Å². The van der Waals surface area contributed by atoms with Crippen LogP contribution in [-0.2, 0) is 15.1 Å². The van der Waals surface area contributed by atoms with Gasteiger partial charge >= 0.3 is 12.1 Å². The van der Waals surface area contributed by atoms with Gasteiger partial charge in [-0.2, -0.15) is 0 Å². The van der Waals surface area contributed by atoms with Crippen LogP contribution in [0.15, 0.2) is 72.9 Å². The fraction of sp³-hybridized carbons (Fsp3) is 0.208. The summed E-state index contributed by atoms with van der Waals surface area (Å²) in [6, 6.07) is 21.3. The molecule has 6 nitrogen and oxygen atoms in total. The average molecular weight is 402 g/mol. The van der Waals surface area contributed by atoms with E-state index in [4.69, 9.17) is 4.74 Å². The predicted molar refractivity (Wildman–Crippen MR) is 112 cm³/mol. The van der Waals surface area contributed by atoms with Crippen molar-refractivity contribution in [1.29, 1.82) is 0 Å². The van der Waals surface area contributed by atoms with Gasteiger partial charge in [0, 0.05) is 12.1 Å². The summed E-state index contributed by atoms with van der Waals surface area (Å²) in [5.74, 6) is -1.11. The molecule has 3 aromatic rings. The minimum absolute atomic E-state index is 0.0660. The zero-order chi connectivity index (χ0) is 21.1. The Labute approximate surface area is 174 Å². The summed E-state index contributed by atoms with van der Waals surface area (Å²) in [6.07, 6.45) is 0.578. The number of pyridine rings is 1. The molecule has 6 heteroatoms. The van der Waals surface area contributed by atoms with Gasteiger partial charge in [-0.1, -0.05) is 54.6 Å². The lowest BCUT2D eigenvalue weighted by molar-refractivity contribution is -0.138. The number of amides is 1. The Hall–Kier alpha value is -3.67. The van der Waals surface area contributed by atoms with Crippen molar-refractivity contribution in [3.8, 4) is 11.1 Å². The lowest BCUT2D eigenvalue weighted by atomic mass is 9.93. The highest BCUT2D eigenvalue weighted by Gasteiger charge is 2.34. The van der Waals surface area contributed by atoms with Crippen LogP contribution >= 0.6 is 0 Å². The molecule has 1 heterocycles. The van der Waals surface area contributed by atoms with E-state index < -0.39 is 17.6 Å². The second kappa shape index (κ2) is 7.99. The van der Waals surface area contributed by atoms with Gasteiger partial charge in [0.25, 0.3) is 0 Å². The third kappa shape index (κ3) is 3.76. The fourth-order valence-corrected chi connectivity index (χ4v) is 4.05. The van der Waals surface area contributed by atoms with Gasteiger partial charge in [0.05, 0.1) is 17.7 Å².